The highest BCUT2D eigenvalue weighted by Gasteiger charge is 2.32. The smallest absolute Gasteiger partial charge is 0.123 e. The van der Waals surface area contributed by atoms with Crippen LogP contribution in [-0.4, -0.2) is 41.2 Å². The maximum Gasteiger partial charge on any atom is 0.123 e. The van der Waals surface area contributed by atoms with E-state index >= 15 is 0 Å². The van der Waals surface area contributed by atoms with E-state index in [1.54, 1.807) is 12.1 Å². The van der Waals surface area contributed by atoms with Gasteiger partial charge in [0.15, 0.2) is 0 Å². The molecule has 0 radical (unpaired) electrons. The molecule has 1 aliphatic rings. The van der Waals surface area contributed by atoms with Crippen LogP contribution >= 0.6 is 0 Å². The van der Waals surface area contributed by atoms with Crippen molar-refractivity contribution in [1.82, 2.24) is 10.2 Å². The Morgan fingerprint density at radius 2 is 1.81 bits per heavy atom. The van der Waals surface area contributed by atoms with Crippen LogP contribution in [0, 0.1) is 11.7 Å². The van der Waals surface area contributed by atoms with Gasteiger partial charge in [-0.2, -0.15) is 0 Å². The molecule has 2 rings (SSSR count). The van der Waals surface area contributed by atoms with Gasteiger partial charge in [-0.05, 0) is 44.4 Å². The molecule has 0 amide bonds. The molecule has 0 bridgehead atoms. The number of aliphatic hydroxyl groups is 1. The Hall–Kier alpha value is -0.970. The molecule has 1 fully saturated rings. The summed E-state index contributed by atoms with van der Waals surface area (Å²) in [7, 11) is 0. The first-order valence-corrected chi connectivity index (χ1v) is 7.82. The Morgan fingerprint density at radius 3 is 2.33 bits per heavy atom. The monoisotopic (exact) mass is 294 g/mol. The molecule has 4 atom stereocenters. The van der Waals surface area contributed by atoms with E-state index in [1.807, 2.05) is 6.92 Å². The number of hydrogen-bond donors (Lipinski definition) is 2. The fourth-order valence-electron chi connectivity index (χ4n) is 3.02. The molecular formula is C17H27FN2O. The van der Waals surface area contributed by atoms with E-state index in [-0.39, 0.29) is 11.9 Å². The lowest BCUT2D eigenvalue weighted by Gasteiger charge is -2.27. The van der Waals surface area contributed by atoms with Crippen molar-refractivity contribution in [2.24, 2.45) is 5.92 Å². The van der Waals surface area contributed by atoms with Crippen molar-refractivity contribution < 1.29 is 9.50 Å². The summed E-state index contributed by atoms with van der Waals surface area (Å²) in [6.45, 7) is 10.8. The van der Waals surface area contributed by atoms with Crippen molar-refractivity contribution in [3.8, 4) is 0 Å². The minimum Gasteiger partial charge on any atom is -0.387 e. The Labute approximate surface area is 127 Å². The summed E-state index contributed by atoms with van der Waals surface area (Å²) in [4.78, 5) is 2.46. The fraction of sp³-hybridized carbons (Fsp3) is 0.647. The summed E-state index contributed by atoms with van der Waals surface area (Å²) in [5, 5.41) is 13.9. The van der Waals surface area contributed by atoms with E-state index in [0.717, 1.165) is 18.7 Å². The molecule has 1 saturated heterocycles. The van der Waals surface area contributed by atoms with Crippen molar-refractivity contribution in [2.75, 3.05) is 13.1 Å². The first-order valence-electron chi connectivity index (χ1n) is 7.82. The highest BCUT2D eigenvalue weighted by atomic mass is 19.1. The summed E-state index contributed by atoms with van der Waals surface area (Å²) in [6.07, 6.45) is -0.620. The molecule has 2 N–H and O–H groups in total. The number of nitrogens with one attached hydrogen (secondary N) is 1. The SMILES string of the molecule is CC1CN(C(C)C)CC1NC(C)C(O)c1ccc(F)cc1. The number of nitrogens with zero attached hydrogens (tertiary/aromatic N) is 1. The average Bonchev–Trinajstić information content (AvgIpc) is 2.80. The maximum atomic E-state index is 12.9. The molecule has 0 saturated carbocycles. The van der Waals surface area contributed by atoms with Crippen molar-refractivity contribution in [3.63, 3.8) is 0 Å². The second-order valence-corrected chi connectivity index (χ2v) is 6.58. The Balaban J connectivity index is 1.94. The molecule has 118 valence electrons. The van der Waals surface area contributed by atoms with Crippen molar-refractivity contribution in [3.05, 3.63) is 35.6 Å². The molecular weight excluding hydrogens is 267 g/mol. The van der Waals surface area contributed by atoms with Gasteiger partial charge in [0.25, 0.3) is 0 Å². The van der Waals surface area contributed by atoms with Crippen LogP contribution in [0.5, 0.6) is 0 Å². The van der Waals surface area contributed by atoms with Gasteiger partial charge in [0, 0.05) is 31.2 Å². The minimum atomic E-state index is -0.620. The topological polar surface area (TPSA) is 35.5 Å². The van der Waals surface area contributed by atoms with Crippen molar-refractivity contribution >= 4 is 0 Å². The zero-order valence-electron chi connectivity index (χ0n) is 13.4. The first kappa shape index (κ1) is 16.4. The summed E-state index contributed by atoms with van der Waals surface area (Å²) < 4.78 is 12.9. The molecule has 0 aromatic heterocycles. The van der Waals surface area contributed by atoms with Crippen LogP contribution in [0.4, 0.5) is 4.39 Å². The summed E-state index contributed by atoms with van der Waals surface area (Å²) in [5.74, 6) is 0.291. The standard InChI is InChI=1S/C17H27FN2O/c1-11(2)20-9-12(3)16(10-20)19-13(4)17(21)14-5-7-15(18)8-6-14/h5-8,11-13,16-17,19,21H,9-10H2,1-4H3. The van der Waals surface area contributed by atoms with Gasteiger partial charge in [0.2, 0.25) is 0 Å². The van der Waals surface area contributed by atoms with E-state index in [1.165, 1.54) is 12.1 Å². The molecule has 1 aromatic carbocycles. The number of hydrogen-bond acceptors (Lipinski definition) is 3. The zero-order valence-corrected chi connectivity index (χ0v) is 13.4. The van der Waals surface area contributed by atoms with E-state index in [0.29, 0.717) is 18.0 Å². The van der Waals surface area contributed by atoms with Gasteiger partial charge in [0.1, 0.15) is 5.82 Å². The Morgan fingerprint density at radius 1 is 1.19 bits per heavy atom. The Kier molecular flexibility index (Phi) is 5.36. The normalized spacial score (nSPS) is 26.2. The second kappa shape index (κ2) is 6.86. The van der Waals surface area contributed by atoms with Crippen LogP contribution in [0.1, 0.15) is 39.4 Å². The van der Waals surface area contributed by atoms with E-state index in [2.05, 4.69) is 31.0 Å². The molecule has 21 heavy (non-hydrogen) atoms. The lowest BCUT2D eigenvalue weighted by molar-refractivity contribution is 0.126. The van der Waals surface area contributed by atoms with Gasteiger partial charge in [-0.15, -0.1) is 0 Å². The quantitative estimate of drug-likeness (QED) is 0.876. The van der Waals surface area contributed by atoms with Crippen LogP contribution in [0.2, 0.25) is 0 Å². The van der Waals surface area contributed by atoms with Gasteiger partial charge < -0.3 is 10.4 Å². The molecule has 1 aliphatic heterocycles. The molecule has 0 spiro atoms. The average molecular weight is 294 g/mol. The van der Waals surface area contributed by atoms with Gasteiger partial charge in [0.05, 0.1) is 6.10 Å². The summed E-state index contributed by atoms with van der Waals surface area (Å²) in [6, 6.07) is 6.96. The minimum absolute atomic E-state index is 0.0602. The lowest BCUT2D eigenvalue weighted by atomic mass is 10.0. The predicted molar refractivity (Wildman–Crippen MR) is 83.6 cm³/mol. The van der Waals surface area contributed by atoms with Crippen LogP contribution in [0.3, 0.4) is 0 Å². The van der Waals surface area contributed by atoms with Gasteiger partial charge in [-0.3, -0.25) is 4.90 Å². The van der Waals surface area contributed by atoms with Crippen LogP contribution in [0.25, 0.3) is 0 Å². The van der Waals surface area contributed by atoms with Crippen LogP contribution < -0.4 is 5.32 Å². The third-order valence-corrected chi connectivity index (χ3v) is 4.53. The van der Waals surface area contributed by atoms with E-state index in [4.69, 9.17) is 0 Å². The second-order valence-electron chi connectivity index (χ2n) is 6.58. The van der Waals surface area contributed by atoms with Crippen LogP contribution in [0.15, 0.2) is 24.3 Å². The molecule has 4 heteroatoms. The number of likely N-dealkylation sites (tertiary alicyclic amines) is 1. The number of rotatable bonds is 5. The highest BCUT2D eigenvalue weighted by molar-refractivity contribution is 5.19. The first-order chi connectivity index (χ1) is 9.88. The lowest BCUT2D eigenvalue weighted by Crippen LogP contribution is -2.44. The molecule has 3 nitrogen and oxygen atoms in total. The number of aliphatic hydroxyl groups excluding tert-OH is 1. The molecule has 0 aliphatic carbocycles. The van der Waals surface area contributed by atoms with Crippen LogP contribution in [-0.2, 0) is 0 Å². The number of benzene rings is 1. The van der Waals surface area contributed by atoms with E-state index in [9.17, 15) is 9.50 Å². The highest BCUT2D eigenvalue weighted by Crippen LogP contribution is 2.22. The third-order valence-electron chi connectivity index (χ3n) is 4.53. The summed E-state index contributed by atoms with van der Waals surface area (Å²) in [5.41, 5.74) is 0.753. The molecule has 4 unspecified atom stereocenters. The molecule has 1 aromatic rings. The third kappa shape index (κ3) is 4.02. The largest absolute Gasteiger partial charge is 0.387 e. The fourth-order valence-corrected chi connectivity index (χ4v) is 3.02. The Bertz CT molecular complexity index is 449. The van der Waals surface area contributed by atoms with Crippen molar-refractivity contribution in [1.29, 1.82) is 0 Å². The van der Waals surface area contributed by atoms with E-state index < -0.39 is 6.10 Å². The summed E-state index contributed by atoms with van der Waals surface area (Å²) >= 11 is 0. The predicted octanol–water partition coefficient (Wildman–Crippen LogP) is 2.57. The maximum absolute atomic E-state index is 12.9. The van der Waals surface area contributed by atoms with Gasteiger partial charge >= 0.3 is 0 Å². The van der Waals surface area contributed by atoms with Gasteiger partial charge in [-0.1, -0.05) is 19.1 Å². The zero-order chi connectivity index (χ0) is 15.6. The number of halogens is 1. The van der Waals surface area contributed by atoms with Crippen molar-refractivity contribution in [2.45, 2.75) is 51.9 Å². The van der Waals surface area contributed by atoms with Gasteiger partial charge in [-0.25, -0.2) is 4.39 Å². The molecule has 1 heterocycles.